The van der Waals surface area contributed by atoms with Gasteiger partial charge in [0.1, 0.15) is 5.75 Å². The van der Waals surface area contributed by atoms with Crippen LogP contribution in [0.1, 0.15) is 18.1 Å². The number of aryl methyl sites for hydroxylation is 1. The number of sulfone groups is 1. The van der Waals surface area contributed by atoms with Gasteiger partial charge in [0.15, 0.2) is 15.7 Å². The number of rotatable bonds is 7. The number of ether oxygens (including phenoxy) is 1. The molecule has 33 heavy (non-hydrogen) atoms. The molecule has 2 aromatic carbocycles. The zero-order valence-electron chi connectivity index (χ0n) is 17.7. The normalized spacial score (nSPS) is 11.8. The smallest absolute Gasteiger partial charge is 0.405 e. The molecule has 1 N–H and O–H groups in total. The van der Waals surface area contributed by atoms with Gasteiger partial charge in [0.25, 0.3) is 0 Å². The van der Waals surface area contributed by atoms with E-state index in [1.165, 1.54) is 36.4 Å². The molecule has 0 fully saturated rings. The van der Waals surface area contributed by atoms with Gasteiger partial charge in [-0.1, -0.05) is 31.2 Å². The summed E-state index contributed by atoms with van der Waals surface area (Å²) >= 11 is 0. The zero-order valence-corrected chi connectivity index (χ0v) is 18.5. The Labute approximate surface area is 188 Å². The Hall–Kier alpha value is -3.47. The van der Waals surface area contributed by atoms with Gasteiger partial charge in [0.2, 0.25) is 5.91 Å². The first-order valence-electron chi connectivity index (χ1n) is 9.79. The zero-order chi connectivity index (χ0) is 24.2. The number of amides is 1. The van der Waals surface area contributed by atoms with Crippen molar-refractivity contribution in [2.45, 2.75) is 31.5 Å². The third-order valence-corrected chi connectivity index (χ3v) is 6.40. The minimum absolute atomic E-state index is 0.0202. The van der Waals surface area contributed by atoms with Crippen molar-refractivity contribution in [2.75, 3.05) is 11.1 Å². The third-order valence-electron chi connectivity index (χ3n) is 4.65. The molecule has 0 radical (unpaired) electrons. The minimum atomic E-state index is -4.86. The van der Waals surface area contributed by atoms with Gasteiger partial charge in [-0.15, -0.1) is 23.4 Å². The Morgan fingerprint density at radius 3 is 2.33 bits per heavy atom. The van der Waals surface area contributed by atoms with Gasteiger partial charge in [0.05, 0.1) is 22.8 Å². The average Bonchev–Trinajstić information content (AvgIpc) is 2.74. The van der Waals surface area contributed by atoms with Crippen molar-refractivity contribution in [3.05, 3.63) is 65.7 Å². The lowest BCUT2D eigenvalue weighted by molar-refractivity contribution is -0.274. The van der Waals surface area contributed by atoms with Crippen molar-refractivity contribution >= 4 is 21.6 Å². The van der Waals surface area contributed by atoms with E-state index in [4.69, 9.17) is 0 Å². The summed E-state index contributed by atoms with van der Waals surface area (Å²) in [4.78, 5) is 12.5. The number of aromatic nitrogens is 2. The Morgan fingerprint density at radius 1 is 1.06 bits per heavy atom. The fourth-order valence-electron chi connectivity index (χ4n) is 3.04. The van der Waals surface area contributed by atoms with Crippen molar-refractivity contribution in [3.8, 4) is 17.0 Å². The molecule has 1 amide bonds. The maximum Gasteiger partial charge on any atom is 0.573 e. The monoisotopic (exact) mass is 479 g/mol. The molecular weight excluding hydrogens is 459 g/mol. The first-order valence-corrected chi connectivity index (χ1v) is 11.4. The number of alkyl halides is 3. The second-order valence-electron chi connectivity index (χ2n) is 7.08. The van der Waals surface area contributed by atoms with Crippen LogP contribution < -0.4 is 10.1 Å². The van der Waals surface area contributed by atoms with Crippen LogP contribution in [0.15, 0.2) is 59.5 Å². The summed E-state index contributed by atoms with van der Waals surface area (Å²) in [6.07, 6.45) is -4.89. The van der Waals surface area contributed by atoms with Crippen LogP contribution in [-0.4, -0.2) is 36.6 Å². The van der Waals surface area contributed by atoms with E-state index in [2.05, 4.69) is 20.3 Å². The summed E-state index contributed by atoms with van der Waals surface area (Å²) in [5.41, 5.74) is 1.37. The summed E-state index contributed by atoms with van der Waals surface area (Å²) in [5.74, 6) is -0.718. The molecule has 0 aliphatic heterocycles. The van der Waals surface area contributed by atoms with Gasteiger partial charge in [-0.25, -0.2) is 8.42 Å². The molecule has 0 saturated heterocycles. The number of halogens is 3. The Bertz CT molecular complexity index is 1260. The van der Waals surface area contributed by atoms with Crippen LogP contribution in [0.25, 0.3) is 11.3 Å². The highest BCUT2D eigenvalue weighted by Crippen LogP contribution is 2.34. The van der Waals surface area contributed by atoms with E-state index in [0.717, 1.165) is 0 Å². The van der Waals surface area contributed by atoms with Crippen molar-refractivity contribution in [2.24, 2.45) is 0 Å². The van der Waals surface area contributed by atoms with Crippen LogP contribution >= 0.6 is 0 Å². The number of benzene rings is 2. The summed E-state index contributed by atoms with van der Waals surface area (Å²) < 4.78 is 65.9. The molecule has 174 valence electrons. The van der Waals surface area contributed by atoms with Gasteiger partial charge in [-0.3, -0.25) is 4.79 Å². The molecule has 0 atom stereocenters. The molecule has 1 heterocycles. The predicted octanol–water partition coefficient (Wildman–Crippen LogP) is 4.33. The Balaban J connectivity index is 1.73. The van der Waals surface area contributed by atoms with E-state index in [0.29, 0.717) is 11.1 Å². The SMILES string of the molecule is CCS(=O)(=O)c1ccc(CC(=O)Nc2cc(C)c(-c3ccccc3OC(F)(F)F)nn2)cc1. The number of hydrogen-bond acceptors (Lipinski definition) is 6. The highest BCUT2D eigenvalue weighted by atomic mass is 32.2. The summed E-state index contributed by atoms with van der Waals surface area (Å²) in [6, 6.07) is 13.1. The molecule has 0 aliphatic carbocycles. The van der Waals surface area contributed by atoms with Gasteiger partial charge in [0, 0.05) is 5.56 Å². The van der Waals surface area contributed by atoms with E-state index in [1.54, 1.807) is 32.0 Å². The molecule has 3 rings (SSSR count). The predicted molar refractivity (Wildman–Crippen MR) is 115 cm³/mol. The lowest BCUT2D eigenvalue weighted by atomic mass is 10.1. The number of nitrogens with zero attached hydrogens (tertiary/aromatic N) is 2. The van der Waals surface area contributed by atoms with E-state index >= 15 is 0 Å². The highest BCUT2D eigenvalue weighted by Gasteiger charge is 2.32. The van der Waals surface area contributed by atoms with Crippen molar-refractivity contribution in [1.29, 1.82) is 0 Å². The van der Waals surface area contributed by atoms with Crippen LogP contribution in [0, 0.1) is 6.92 Å². The second-order valence-corrected chi connectivity index (χ2v) is 9.36. The first kappa shape index (κ1) is 24.2. The van der Waals surface area contributed by atoms with Gasteiger partial charge < -0.3 is 10.1 Å². The van der Waals surface area contributed by atoms with Crippen LogP contribution in [0.2, 0.25) is 0 Å². The molecule has 1 aromatic heterocycles. The maximum absolute atomic E-state index is 12.7. The topological polar surface area (TPSA) is 98.2 Å². The van der Waals surface area contributed by atoms with Gasteiger partial charge in [-0.2, -0.15) is 0 Å². The van der Waals surface area contributed by atoms with Crippen molar-refractivity contribution in [1.82, 2.24) is 10.2 Å². The molecule has 0 spiro atoms. The number of carbonyl (C=O) groups excluding carboxylic acids is 1. The van der Waals surface area contributed by atoms with E-state index in [9.17, 15) is 26.4 Å². The molecule has 0 aliphatic rings. The fraction of sp³-hybridized carbons (Fsp3) is 0.227. The molecule has 3 aromatic rings. The van der Waals surface area contributed by atoms with Crippen molar-refractivity contribution in [3.63, 3.8) is 0 Å². The van der Waals surface area contributed by atoms with Crippen LogP contribution in [0.5, 0.6) is 5.75 Å². The largest absolute Gasteiger partial charge is 0.573 e. The fourth-order valence-corrected chi connectivity index (χ4v) is 3.93. The molecule has 0 saturated carbocycles. The molecule has 0 bridgehead atoms. The number of anilines is 1. The lowest BCUT2D eigenvalue weighted by Gasteiger charge is -2.14. The van der Waals surface area contributed by atoms with Gasteiger partial charge in [-0.05, 0) is 48.4 Å². The van der Waals surface area contributed by atoms with Crippen LogP contribution in [-0.2, 0) is 21.1 Å². The van der Waals surface area contributed by atoms with E-state index in [-0.39, 0.29) is 34.1 Å². The van der Waals surface area contributed by atoms with Crippen molar-refractivity contribution < 1.29 is 31.1 Å². The lowest BCUT2D eigenvalue weighted by Crippen LogP contribution is -2.18. The van der Waals surface area contributed by atoms with E-state index < -0.39 is 27.9 Å². The molecule has 0 unspecified atom stereocenters. The van der Waals surface area contributed by atoms with Gasteiger partial charge >= 0.3 is 6.36 Å². The molecule has 11 heteroatoms. The summed E-state index contributed by atoms with van der Waals surface area (Å²) in [7, 11) is -3.33. The summed E-state index contributed by atoms with van der Waals surface area (Å²) in [5, 5.41) is 10.4. The number of carbonyl (C=O) groups is 1. The standard InChI is InChI=1S/C22H20F3N3O4S/c1-3-33(30,31)16-10-8-15(9-11-16)13-20(29)26-19-12-14(2)21(28-27-19)17-6-4-5-7-18(17)32-22(23,24)25/h4-12H,3,13H2,1-2H3,(H,26,27,29). The van der Waals surface area contributed by atoms with E-state index in [1.807, 2.05) is 0 Å². The van der Waals surface area contributed by atoms with Crippen LogP contribution in [0.3, 0.4) is 0 Å². The average molecular weight is 479 g/mol. The quantitative estimate of drug-likeness (QED) is 0.542. The first-order chi connectivity index (χ1) is 15.5. The minimum Gasteiger partial charge on any atom is -0.405 e. The number of hydrogen-bond donors (Lipinski definition) is 1. The maximum atomic E-state index is 12.7. The molecule has 7 nitrogen and oxygen atoms in total. The highest BCUT2D eigenvalue weighted by molar-refractivity contribution is 7.91. The summed E-state index contributed by atoms with van der Waals surface area (Å²) in [6.45, 7) is 3.17. The Morgan fingerprint density at radius 2 is 1.73 bits per heavy atom. The molecular formula is C22H20F3N3O4S. The van der Waals surface area contributed by atoms with Crippen LogP contribution in [0.4, 0.5) is 19.0 Å². The second kappa shape index (κ2) is 9.57. The number of nitrogens with one attached hydrogen (secondary N) is 1. The Kier molecular flexibility index (Phi) is 7.01. The third kappa shape index (κ3) is 6.28. The number of para-hydroxylation sites is 1.